The van der Waals surface area contributed by atoms with Gasteiger partial charge in [-0.1, -0.05) is 12.1 Å². The number of hydrogen-bond acceptors (Lipinski definition) is 7. The number of benzene rings is 2. The maximum Gasteiger partial charge on any atom is 0.203 e. The molecule has 0 aliphatic heterocycles. The Bertz CT molecular complexity index is 953. The molecule has 7 nitrogen and oxygen atoms in total. The van der Waals surface area contributed by atoms with Crippen molar-refractivity contribution >= 4 is 15.9 Å². The standard InChI is InChI=1S/C24H28BrNO6/c1-28-22-11-17(12-23(29-2)24(22)30-3)13-26(15-19-7-6-10-31-19)14-18(27)16-32-21-9-5-4-8-20(21)25/h4-12,18,27H,13-16H2,1-3H3. The highest BCUT2D eigenvalue weighted by Crippen LogP contribution is 2.38. The molecule has 1 N–H and O–H groups in total. The summed E-state index contributed by atoms with van der Waals surface area (Å²) in [4.78, 5) is 2.08. The number of rotatable bonds is 12. The molecule has 0 amide bonds. The van der Waals surface area contributed by atoms with E-state index in [2.05, 4.69) is 20.8 Å². The Morgan fingerprint density at radius 2 is 1.66 bits per heavy atom. The number of nitrogens with zero attached hydrogens (tertiary/aromatic N) is 1. The van der Waals surface area contributed by atoms with E-state index in [0.717, 1.165) is 15.8 Å². The number of ether oxygens (including phenoxy) is 4. The fourth-order valence-corrected chi connectivity index (χ4v) is 3.79. The van der Waals surface area contributed by atoms with Gasteiger partial charge in [-0.25, -0.2) is 0 Å². The molecule has 0 spiro atoms. The van der Waals surface area contributed by atoms with Crippen molar-refractivity contribution in [2.45, 2.75) is 19.2 Å². The molecule has 3 aromatic rings. The molecule has 1 unspecified atom stereocenters. The molecule has 0 saturated carbocycles. The summed E-state index contributed by atoms with van der Waals surface area (Å²) in [6.45, 7) is 1.59. The van der Waals surface area contributed by atoms with Crippen LogP contribution in [0.5, 0.6) is 23.0 Å². The van der Waals surface area contributed by atoms with Gasteiger partial charge in [-0.2, -0.15) is 0 Å². The normalized spacial score (nSPS) is 11.9. The lowest BCUT2D eigenvalue weighted by molar-refractivity contribution is 0.0602. The zero-order chi connectivity index (χ0) is 22.9. The summed E-state index contributed by atoms with van der Waals surface area (Å²) in [7, 11) is 4.75. The van der Waals surface area contributed by atoms with Crippen molar-refractivity contribution in [2.75, 3.05) is 34.5 Å². The van der Waals surface area contributed by atoms with E-state index >= 15 is 0 Å². The molecule has 0 bridgehead atoms. The minimum Gasteiger partial charge on any atom is -0.493 e. The zero-order valence-electron chi connectivity index (χ0n) is 18.4. The van der Waals surface area contributed by atoms with Gasteiger partial charge in [0.25, 0.3) is 0 Å². The van der Waals surface area contributed by atoms with Crippen LogP contribution in [0.15, 0.2) is 63.7 Å². The summed E-state index contributed by atoms with van der Waals surface area (Å²) in [6.07, 6.45) is 0.929. The fourth-order valence-electron chi connectivity index (χ4n) is 3.39. The first kappa shape index (κ1) is 24.0. The van der Waals surface area contributed by atoms with E-state index in [1.807, 2.05) is 48.5 Å². The summed E-state index contributed by atoms with van der Waals surface area (Å²) in [6, 6.07) is 15.1. The molecule has 32 heavy (non-hydrogen) atoms. The molecular formula is C24H28BrNO6. The SMILES string of the molecule is COc1cc(CN(Cc2ccco2)CC(O)COc2ccccc2Br)cc(OC)c1OC. The number of methoxy groups -OCH3 is 3. The van der Waals surface area contributed by atoms with Gasteiger partial charge in [0.2, 0.25) is 5.75 Å². The van der Waals surface area contributed by atoms with Crippen molar-refractivity contribution in [3.8, 4) is 23.0 Å². The van der Waals surface area contributed by atoms with Crippen molar-refractivity contribution in [3.05, 3.63) is 70.6 Å². The first-order valence-corrected chi connectivity index (χ1v) is 10.9. The van der Waals surface area contributed by atoms with E-state index in [1.54, 1.807) is 27.6 Å². The molecule has 1 heterocycles. The molecule has 8 heteroatoms. The van der Waals surface area contributed by atoms with Gasteiger partial charge >= 0.3 is 0 Å². The van der Waals surface area contributed by atoms with Crippen molar-refractivity contribution in [3.63, 3.8) is 0 Å². The van der Waals surface area contributed by atoms with Crippen LogP contribution in [0.25, 0.3) is 0 Å². The van der Waals surface area contributed by atoms with E-state index in [1.165, 1.54) is 0 Å². The fraction of sp³-hybridized carbons (Fsp3) is 0.333. The van der Waals surface area contributed by atoms with Gasteiger partial charge in [0, 0.05) is 13.1 Å². The van der Waals surface area contributed by atoms with E-state index in [0.29, 0.717) is 42.6 Å². The average molecular weight is 506 g/mol. The lowest BCUT2D eigenvalue weighted by atomic mass is 10.1. The predicted octanol–water partition coefficient (Wildman–Crippen LogP) is 4.51. The van der Waals surface area contributed by atoms with Crippen molar-refractivity contribution in [2.24, 2.45) is 0 Å². The third kappa shape index (κ3) is 6.41. The number of aliphatic hydroxyl groups is 1. The minimum atomic E-state index is -0.709. The third-order valence-corrected chi connectivity index (χ3v) is 5.48. The number of furan rings is 1. The Kier molecular flexibility index (Phi) is 8.84. The van der Waals surface area contributed by atoms with E-state index in [4.69, 9.17) is 23.4 Å². The third-order valence-electron chi connectivity index (χ3n) is 4.83. The van der Waals surface area contributed by atoms with E-state index in [-0.39, 0.29) is 6.61 Å². The van der Waals surface area contributed by atoms with Gasteiger partial charge < -0.3 is 28.5 Å². The first-order chi connectivity index (χ1) is 15.5. The Morgan fingerprint density at radius 3 is 2.25 bits per heavy atom. The van der Waals surface area contributed by atoms with Crippen LogP contribution in [0.3, 0.4) is 0 Å². The second-order valence-corrected chi connectivity index (χ2v) is 8.03. The van der Waals surface area contributed by atoms with Crippen LogP contribution < -0.4 is 18.9 Å². The average Bonchev–Trinajstić information content (AvgIpc) is 3.30. The Morgan fingerprint density at radius 1 is 0.938 bits per heavy atom. The largest absolute Gasteiger partial charge is 0.493 e. The molecule has 0 aliphatic rings. The Balaban J connectivity index is 1.73. The van der Waals surface area contributed by atoms with E-state index in [9.17, 15) is 5.11 Å². The van der Waals surface area contributed by atoms with Crippen LogP contribution in [0.4, 0.5) is 0 Å². The number of para-hydroxylation sites is 1. The highest BCUT2D eigenvalue weighted by Gasteiger charge is 2.19. The summed E-state index contributed by atoms with van der Waals surface area (Å²) in [5, 5.41) is 10.7. The van der Waals surface area contributed by atoms with Crippen LogP contribution in [-0.2, 0) is 13.1 Å². The molecule has 0 radical (unpaired) electrons. The van der Waals surface area contributed by atoms with Crippen LogP contribution in [-0.4, -0.2) is 50.6 Å². The molecular weight excluding hydrogens is 478 g/mol. The molecule has 3 rings (SSSR count). The second kappa shape index (κ2) is 11.8. The zero-order valence-corrected chi connectivity index (χ0v) is 20.0. The van der Waals surface area contributed by atoms with Crippen molar-refractivity contribution < 1.29 is 28.5 Å². The van der Waals surface area contributed by atoms with Crippen LogP contribution >= 0.6 is 15.9 Å². The molecule has 172 valence electrons. The van der Waals surface area contributed by atoms with Crippen molar-refractivity contribution in [1.82, 2.24) is 4.90 Å². The van der Waals surface area contributed by atoms with E-state index < -0.39 is 6.10 Å². The minimum absolute atomic E-state index is 0.159. The number of halogens is 1. The van der Waals surface area contributed by atoms with Gasteiger partial charge in [-0.15, -0.1) is 0 Å². The van der Waals surface area contributed by atoms with Crippen molar-refractivity contribution in [1.29, 1.82) is 0 Å². The quantitative estimate of drug-likeness (QED) is 0.388. The number of aliphatic hydroxyl groups excluding tert-OH is 1. The van der Waals surface area contributed by atoms with Crippen LogP contribution in [0.1, 0.15) is 11.3 Å². The summed E-state index contributed by atoms with van der Waals surface area (Å²) >= 11 is 3.46. The van der Waals surface area contributed by atoms with Gasteiger partial charge in [-0.05, 0) is 57.9 Å². The molecule has 1 atom stereocenters. The summed E-state index contributed by atoms with van der Waals surface area (Å²) in [5.41, 5.74) is 0.949. The molecule has 2 aromatic carbocycles. The number of hydrogen-bond donors (Lipinski definition) is 1. The van der Waals surface area contributed by atoms with Gasteiger partial charge in [0.1, 0.15) is 24.2 Å². The highest BCUT2D eigenvalue weighted by atomic mass is 79.9. The maximum absolute atomic E-state index is 10.7. The second-order valence-electron chi connectivity index (χ2n) is 7.18. The summed E-state index contributed by atoms with van der Waals surface area (Å²) < 4.78 is 28.5. The maximum atomic E-state index is 10.7. The lowest BCUT2D eigenvalue weighted by Crippen LogP contribution is -2.35. The summed E-state index contributed by atoms with van der Waals surface area (Å²) in [5.74, 6) is 3.19. The molecule has 0 aliphatic carbocycles. The smallest absolute Gasteiger partial charge is 0.203 e. The molecule has 0 saturated heterocycles. The predicted molar refractivity (Wildman–Crippen MR) is 125 cm³/mol. The van der Waals surface area contributed by atoms with Gasteiger partial charge in [0.15, 0.2) is 11.5 Å². The topological polar surface area (TPSA) is 73.5 Å². The Labute approximate surface area is 196 Å². The van der Waals surface area contributed by atoms with Gasteiger partial charge in [-0.3, -0.25) is 4.90 Å². The highest BCUT2D eigenvalue weighted by molar-refractivity contribution is 9.10. The monoisotopic (exact) mass is 505 g/mol. The van der Waals surface area contributed by atoms with Crippen LogP contribution in [0.2, 0.25) is 0 Å². The van der Waals surface area contributed by atoms with Gasteiger partial charge in [0.05, 0.1) is 38.6 Å². The molecule has 1 aromatic heterocycles. The Hall–Kier alpha value is -2.68. The lowest BCUT2D eigenvalue weighted by Gasteiger charge is -2.25. The van der Waals surface area contributed by atoms with Crippen LogP contribution in [0, 0.1) is 0 Å². The molecule has 0 fully saturated rings. The first-order valence-electron chi connectivity index (χ1n) is 10.1.